The summed E-state index contributed by atoms with van der Waals surface area (Å²) in [6, 6.07) is 5.33. The van der Waals surface area contributed by atoms with E-state index in [0.717, 1.165) is 4.90 Å². The van der Waals surface area contributed by atoms with Crippen molar-refractivity contribution in [1.82, 2.24) is 5.32 Å². The maximum Gasteiger partial charge on any atom is 0.305 e. The Morgan fingerprint density at radius 2 is 2.15 bits per heavy atom. The molecule has 0 atom stereocenters. The summed E-state index contributed by atoms with van der Waals surface area (Å²) in [4.78, 5) is 24.1. The third-order valence-electron chi connectivity index (χ3n) is 2.57. The molecule has 0 spiro atoms. The maximum absolute atomic E-state index is 12.0. The van der Waals surface area contributed by atoms with Crippen molar-refractivity contribution in [1.29, 1.82) is 0 Å². The first-order valence-electron chi connectivity index (χ1n) is 6.35. The molecule has 0 fully saturated rings. The topological polar surface area (TPSA) is 55.4 Å². The van der Waals surface area contributed by atoms with Gasteiger partial charge in [0.1, 0.15) is 0 Å². The van der Waals surface area contributed by atoms with E-state index >= 15 is 0 Å². The van der Waals surface area contributed by atoms with E-state index in [2.05, 4.69) is 5.32 Å². The van der Waals surface area contributed by atoms with Crippen LogP contribution < -0.4 is 5.32 Å². The van der Waals surface area contributed by atoms with Crippen molar-refractivity contribution < 1.29 is 14.3 Å². The zero-order valence-electron chi connectivity index (χ0n) is 11.6. The van der Waals surface area contributed by atoms with Crippen molar-refractivity contribution in [3.05, 3.63) is 28.8 Å². The molecule has 1 aromatic rings. The first-order valence-corrected chi connectivity index (χ1v) is 7.96. The van der Waals surface area contributed by atoms with Gasteiger partial charge in [-0.25, -0.2) is 0 Å². The highest BCUT2D eigenvalue weighted by molar-refractivity contribution is 7.98. The molecule has 0 unspecified atom stereocenters. The van der Waals surface area contributed by atoms with E-state index in [1.807, 2.05) is 12.3 Å². The highest BCUT2D eigenvalue weighted by Gasteiger charge is 2.11. The first kappa shape index (κ1) is 16.9. The van der Waals surface area contributed by atoms with Crippen LogP contribution in [0, 0.1) is 0 Å². The number of hydrogen-bond acceptors (Lipinski definition) is 4. The summed E-state index contributed by atoms with van der Waals surface area (Å²) in [5, 5.41) is 3.17. The molecular formula is C14H18ClNO3S. The van der Waals surface area contributed by atoms with Gasteiger partial charge < -0.3 is 10.1 Å². The molecule has 0 bridgehead atoms. The minimum absolute atomic E-state index is 0.227. The molecular weight excluding hydrogens is 298 g/mol. The predicted octanol–water partition coefficient (Wildman–Crippen LogP) is 3.14. The van der Waals surface area contributed by atoms with E-state index in [1.165, 1.54) is 0 Å². The van der Waals surface area contributed by atoms with Crippen LogP contribution in [0.25, 0.3) is 0 Å². The lowest BCUT2D eigenvalue weighted by molar-refractivity contribution is -0.143. The molecule has 1 amide bonds. The average molecular weight is 316 g/mol. The Bertz CT molecular complexity index is 479. The van der Waals surface area contributed by atoms with Crippen LogP contribution >= 0.6 is 23.4 Å². The molecule has 0 aliphatic heterocycles. The van der Waals surface area contributed by atoms with E-state index in [1.54, 1.807) is 30.8 Å². The summed E-state index contributed by atoms with van der Waals surface area (Å²) in [7, 11) is 0. The molecule has 1 aromatic carbocycles. The van der Waals surface area contributed by atoms with Gasteiger partial charge in [-0.1, -0.05) is 11.6 Å². The third kappa shape index (κ3) is 5.43. The van der Waals surface area contributed by atoms with Crippen molar-refractivity contribution in [2.45, 2.75) is 24.7 Å². The van der Waals surface area contributed by atoms with Crippen LogP contribution in [0.4, 0.5) is 0 Å². The van der Waals surface area contributed by atoms with E-state index in [0.29, 0.717) is 36.6 Å². The molecule has 0 aliphatic rings. The van der Waals surface area contributed by atoms with Gasteiger partial charge in [-0.05, 0) is 37.8 Å². The molecule has 20 heavy (non-hydrogen) atoms. The van der Waals surface area contributed by atoms with Gasteiger partial charge in [0.15, 0.2) is 0 Å². The van der Waals surface area contributed by atoms with E-state index in [9.17, 15) is 9.59 Å². The van der Waals surface area contributed by atoms with Gasteiger partial charge in [0.05, 0.1) is 17.2 Å². The second kappa shape index (κ2) is 8.87. The first-order chi connectivity index (χ1) is 9.58. The van der Waals surface area contributed by atoms with Gasteiger partial charge in [0.2, 0.25) is 0 Å². The summed E-state index contributed by atoms with van der Waals surface area (Å²) >= 11 is 7.56. The van der Waals surface area contributed by atoms with Crippen LogP contribution in [-0.4, -0.2) is 31.3 Å². The largest absolute Gasteiger partial charge is 0.466 e. The fraction of sp³-hybridized carbons (Fsp3) is 0.429. The lowest BCUT2D eigenvalue weighted by atomic mass is 10.2. The zero-order valence-corrected chi connectivity index (χ0v) is 13.1. The maximum atomic E-state index is 12.0. The number of halogens is 1. The smallest absolute Gasteiger partial charge is 0.305 e. The number of amides is 1. The SMILES string of the molecule is CCOC(=O)CCCNC(=O)c1cc(SC)ccc1Cl. The Morgan fingerprint density at radius 1 is 1.40 bits per heavy atom. The van der Waals surface area contributed by atoms with Crippen molar-refractivity contribution >= 4 is 35.2 Å². The standard InChI is InChI=1S/C14H18ClNO3S/c1-3-19-13(17)5-4-8-16-14(18)11-9-10(20-2)6-7-12(11)15/h6-7,9H,3-5,8H2,1-2H3,(H,16,18). The summed E-state index contributed by atoms with van der Waals surface area (Å²) in [5.41, 5.74) is 0.453. The number of hydrogen-bond donors (Lipinski definition) is 1. The van der Waals surface area contributed by atoms with Crippen LogP contribution in [-0.2, 0) is 9.53 Å². The number of ether oxygens (including phenoxy) is 1. The van der Waals surface area contributed by atoms with Crippen molar-refractivity contribution in [3.8, 4) is 0 Å². The monoisotopic (exact) mass is 315 g/mol. The number of esters is 1. The molecule has 0 saturated heterocycles. The lowest BCUT2D eigenvalue weighted by Gasteiger charge is -2.08. The Kier molecular flexibility index (Phi) is 7.47. The van der Waals surface area contributed by atoms with Crippen LogP contribution in [0.5, 0.6) is 0 Å². The summed E-state index contributed by atoms with van der Waals surface area (Å²) in [6.45, 7) is 2.56. The number of carbonyl (C=O) groups excluding carboxylic acids is 2. The van der Waals surface area contributed by atoms with Crippen molar-refractivity contribution in [2.24, 2.45) is 0 Å². The van der Waals surface area contributed by atoms with E-state index in [4.69, 9.17) is 16.3 Å². The summed E-state index contributed by atoms with van der Waals surface area (Å²) < 4.78 is 4.81. The number of carbonyl (C=O) groups is 2. The van der Waals surface area contributed by atoms with Gasteiger partial charge >= 0.3 is 5.97 Å². The van der Waals surface area contributed by atoms with Crippen LogP contribution in [0.1, 0.15) is 30.1 Å². The minimum atomic E-state index is -0.246. The molecule has 110 valence electrons. The highest BCUT2D eigenvalue weighted by Crippen LogP contribution is 2.22. The summed E-state index contributed by atoms with van der Waals surface area (Å²) in [6.07, 6.45) is 2.78. The molecule has 6 heteroatoms. The molecule has 0 radical (unpaired) electrons. The van der Waals surface area contributed by atoms with E-state index < -0.39 is 0 Å². The Morgan fingerprint density at radius 3 is 2.80 bits per heavy atom. The van der Waals surface area contributed by atoms with Gasteiger partial charge in [0.25, 0.3) is 5.91 Å². The van der Waals surface area contributed by atoms with Crippen LogP contribution in [0.3, 0.4) is 0 Å². The fourth-order valence-electron chi connectivity index (χ4n) is 1.57. The van der Waals surface area contributed by atoms with Gasteiger partial charge in [-0.2, -0.15) is 0 Å². The molecule has 0 aliphatic carbocycles. The summed E-state index contributed by atoms with van der Waals surface area (Å²) in [5.74, 6) is -0.473. The van der Waals surface area contributed by atoms with Crippen molar-refractivity contribution in [3.63, 3.8) is 0 Å². The fourth-order valence-corrected chi connectivity index (χ4v) is 2.21. The molecule has 0 aromatic heterocycles. The highest BCUT2D eigenvalue weighted by atomic mass is 35.5. The molecule has 0 heterocycles. The molecule has 1 N–H and O–H groups in total. The predicted molar refractivity (Wildman–Crippen MR) is 81.4 cm³/mol. The third-order valence-corrected chi connectivity index (χ3v) is 3.62. The Hall–Kier alpha value is -1.20. The second-order valence-electron chi connectivity index (χ2n) is 4.01. The minimum Gasteiger partial charge on any atom is -0.466 e. The van der Waals surface area contributed by atoms with Gasteiger partial charge in [-0.3, -0.25) is 9.59 Å². The molecule has 4 nitrogen and oxygen atoms in total. The van der Waals surface area contributed by atoms with Gasteiger partial charge in [-0.15, -0.1) is 11.8 Å². The van der Waals surface area contributed by atoms with Crippen LogP contribution in [0.2, 0.25) is 5.02 Å². The number of thioether (sulfide) groups is 1. The molecule has 1 rings (SSSR count). The Labute approximate surface area is 128 Å². The van der Waals surface area contributed by atoms with Gasteiger partial charge in [0, 0.05) is 17.9 Å². The van der Waals surface area contributed by atoms with Crippen molar-refractivity contribution in [2.75, 3.05) is 19.4 Å². The van der Waals surface area contributed by atoms with E-state index in [-0.39, 0.29) is 11.9 Å². The average Bonchev–Trinajstić information content (AvgIpc) is 2.44. The zero-order chi connectivity index (χ0) is 15.0. The number of rotatable bonds is 7. The normalized spacial score (nSPS) is 10.2. The lowest BCUT2D eigenvalue weighted by Crippen LogP contribution is -2.25. The quantitative estimate of drug-likeness (QED) is 0.477. The number of nitrogens with one attached hydrogen (secondary N) is 1. The van der Waals surface area contributed by atoms with Crippen LogP contribution in [0.15, 0.2) is 23.1 Å². The number of benzene rings is 1. The second-order valence-corrected chi connectivity index (χ2v) is 5.30. The molecule has 0 saturated carbocycles. The Balaban J connectivity index is 2.45.